The first-order valence-electron chi connectivity index (χ1n) is 6.55. The molecule has 1 aliphatic rings. The molecule has 2 aromatic rings. The number of carbonyl (C=O) groups excluding carboxylic acids is 1. The van der Waals surface area contributed by atoms with Crippen molar-refractivity contribution in [2.24, 2.45) is 0 Å². The van der Waals surface area contributed by atoms with Crippen LogP contribution >= 0.6 is 0 Å². The average molecular weight is 273 g/mol. The van der Waals surface area contributed by atoms with Gasteiger partial charge in [-0.15, -0.1) is 0 Å². The van der Waals surface area contributed by atoms with Crippen molar-refractivity contribution < 1.29 is 9.53 Å². The van der Waals surface area contributed by atoms with Gasteiger partial charge in [0.15, 0.2) is 0 Å². The fraction of sp³-hybridized carbons (Fsp3) is 0.286. The smallest absolute Gasteiger partial charge is 0.339 e. The number of hydrogen-bond donors (Lipinski definition) is 3. The molecule has 20 heavy (non-hydrogen) atoms. The van der Waals surface area contributed by atoms with E-state index in [0.717, 1.165) is 18.2 Å². The predicted molar refractivity (Wildman–Crippen MR) is 73.6 cm³/mol. The lowest BCUT2D eigenvalue weighted by Gasteiger charge is -1.96. The first kappa shape index (κ1) is 12.5. The van der Waals surface area contributed by atoms with Gasteiger partial charge in [-0.1, -0.05) is 0 Å². The largest absolute Gasteiger partial charge is 0.462 e. The van der Waals surface area contributed by atoms with E-state index in [4.69, 9.17) is 4.74 Å². The Labute approximate surface area is 114 Å². The molecule has 3 rings (SSSR count). The topological polar surface area (TPSA) is 90.7 Å². The third-order valence-corrected chi connectivity index (χ3v) is 3.18. The molecule has 104 valence electrons. The minimum absolute atomic E-state index is 0.160. The Bertz CT molecular complexity index is 816. The summed E-state index contributed by atoms with van der Waals surface area (Å²) in [5, 5.41) is 6.94. The Morgan fingerprint density at radius 2 is 2.20 bits per heavy atom. The summed E-state index contributed by atoms with van der Waals surface area (Å²) in [7, 11) is 0. The highest BCUT2D eigenvalue weighted by atomic mass is 16.5. The number of aromatic amines is 3. The van der Waals surface area contributed by atoms with Crippen LogP contribution in [0, 0.1) is 0 Å². The zero-order valence-corrected chi connectivity index (χ0v) is 11.1. The number of carbonyl (C=O) groups is 1. The second-order valence-electron chi connectivity index (χ2n) is 4.68. The van der Waals surface area contributed by atoms with Crippen LogP contribution in [0.1, 0.15) is 35.8 Å². The number of hydrogen-bond acceptors (Lipinski definition) is 3. The van der Waals surface area contributed by atoms with Crippen molar-refractivity contribution in [3.8, 4) is 0 Å². The molecule has 1 fully saturated rings. The summed E-state index contributed by atoms with van der Waals surface area (Å²) in [6.45, 7) is 2.10. The molecular weight excluding hydrogens is 258 g/mol. The Balaban J connectivity index is 2.02. The Morgan fingerprint density at radius 3 is 2.90 bits per heavy atom. The van der Waals surface area contributed by atoms with Crippen molar-refractivity contribution in [3.05, 3.63) is 44.4 Å². The lowest BCUT2D eigenvalue weighted by molar-refractivity contribution is 0.0526. The molecule has 0 aromatic carbocycles. The molecular formula is C14H15N3O3. The molecule has 0 spiro atoms. The van der Waals surface area contributed by atoms with Gasteiger partial charge in [-0.3, -0.25) is 15.0 Å². The summed E-state index contributed by atoms with van der Waals surface area (Å²) in [4.78, 5) is 26.3. The highest BCUT2D eigenvalue weighted by Gasteiger charge is 2.14. The normalized spacial score (nSPS) is 14.7. The summed E-state index contributed by atoms with van der Waals surface area (Å²) < 4.78 is 4.92. The number of H-pyrrole nitrogens is 3. The summed E-state index contributed by atoms with van der Waals surface area (Å²) in [6.07, 6.45) is 5.36. The summed E-state index contributed by atoms with van der Waals surface area (Å²) in [6, 6.07) is 1.67. The second-order valence-corrected chi connectivity index (χ2v) is 4.68. The van der Waals surface area contributed by atoms with E-state index in [1.807, 2.05) is 0 Å². The van der Waals surface area contributed by atoms with Crippen LogP contribution in [0.15, 0.2) is 17.1 Å². The Kier molecular flexibility index (Phi) is 3.06. The lowest BCUT2D eigenvalue weighted by atomic mass is 10.2. The van der Waals surface area contributed by atoms with E-state index < -0.39 is 0 Å². The average Bonchev–Trinajstić information content (AvgIpc) is 3.05. The van der Waals surface area contributed by atoms with Gasteiger partial charge in [-0.2, -0.15) is 0 Å². The maximum absolute atomic E-state index is 11.8. The van der Waals surface area contributed by atoms with E-state index in [9.17, 15) is 9.59 Å². The minimum atomic E-state index is -0.372. The highest BCUT2D eigenvalue weighted by molar-refractivity contribution is 5.89. The van der Waals surface area contributed by atoms with Crippen LogP contribution < -0.4 is 16.1 Å². The molecule has 0 atom stereocenters. The Morgan fingerprint density at radius 1 is 1.40 bits per heavy atom. The first-order chi connectivity index (χ1) is 9.69. The second kappa shape index (κ2) is 4.88. The van der Waals surface area contributed by atoms with Crippen LogP contribution in [-0.2, 0) is 4.74 Å². The molecule has 6 nitrogen and oxygen atoms in total. The summed E-state index contributed by atoms with van der Waals surface area (Å²) in [5.41, 5.74) is 2.23. The van der Waals surface area contributed by atoms with Crippen molar-refractivity contribution in [1.82, 2.24) is 15.2 Å². The van der Waals surface area contributed by atoms with Crippen LogP contribution in [0.25, 0.3) is 11.6 Å². The molecule has 0 bridgehead atoms. The van der Waals surface area contributed by atoms with Gasteiger partial charge in [-0.05, 0) is 37.5 Å². The number of nitrogens with one attached hydrogen (secondary N) is 3. The van der Waals surface area contributed by atoms with Gasteiger partial charge in [0.25, 0.3) is 5.56 Å². The summed E-state index contributed by atoms with van der Waals surface area (Å²) in [5.74, 6) is -0.372. The fourth-order valence-electron chi connectivity index (χ4n) is 2.08. The van der Waals surface area contributed by atoms with E-state index in [2.05, 4.69) is 15.2 Å². The van der Waals surface area contributed by atoms with E-state index in [0.29, 0.717) is 23.1 Å². The minimum Gasteiger partial charge on any atom is -0.462 e. The number of ether oxygens (including phenoxy) is 1. The third-order valence-electron chi connectivity index (χ3n) is 3.18. The zero-order chi connectivity index (χ0) is 14.1. The molecule has 1 saturated carbocycles. The molecule has 2 aromatic heterocycles. The standard InChI is InChI=1S/C14H15N3O3/c1-2-20-14(19)9-5-10(15-7-9)6-11-12(8-3-4-8)16-17-13(11)18/h5-7,15-16H,2-4H2,1H3,(H,17,18). The Hall–Kier alpha value is -2.50. The maximum atomic E-state index is 11.8. The molecule has 0 amide bonds. The van der Waals surface area contributed by atoms with Crippen LogP contribution in [-0.4, -0.2) is 27.8 Å². The maximum Gasteiger partial charge on any atom is 0.339 e. The van der Waals surface area contributed by atoms with E-state index in [1.54, 1.807) is 25.3 Å². The highest BCUT2D eigenvalue weighted by Crippen LogP contribution is 2.26. The predicted octanol–water partition coefficient (Wildman–Crippen LogP) is -0.0189. The van der Waals surface area contributed by atoms with Gasteiger partial charge in [0.05, 0.1) is 22.7 Å². The van der Waals surface area contributed by atoms with Gasteiger partial charge in [-0.25, -0.2) is 4.79 Å². The lowest BCUT2D eigenvalue weighted by Crippen LogP contribution is -2.33. The van der Waals surface area contributed by atoms with Crippen molar-refractivity contribution in [1.29, 1.82) is 0 Å². The van der Waals surface area contributed by atoms with Gasteiger partial charge in [0, 0.05) is 11.9 Å². The third kappa shape index (κ3) is 2.32. The fourth-order valence-corrected chi connectivity index (χ4v) is 2.08. The molecule has 0 saturated heterocycles. The van der Waals surface area contributed by atoms with E-state index in [-0.39, 0.29) is 11.5 Å². The van der Waals surface area contributed by atoms with Crippen molar-refractivity contribution in [2.75, 3.05) is 6.61 Å². The summed E-state index contributed by atoms with van der Waals surface area (Å²) >= 11 is 0. The molecule has 0 unspecified atom stereocenters. The molecule has 6 heteroatoms. The van der Waals surface area contributed by atoms with Crippen LogP contribution in [0.3, 0.4) is 0 Å². The van der Waals surface area contributed by atoms with Crippen LogP contribution in [0.5, 0.6) is 0 Å². The molecule has 2 heterocycles. The van der Waals surface area contributed by atoms with E-state index in [1.165, 1.54) is 5.57 Å². The van der Waals surface area contributed by atoms with Crippen LogP contribution in [0.4, 0.5) is 0 Å². The molecule has 3 N–H and O–H groups in total. The van der Waals surface area contributed by atoms with Gasteiger partial charge < -0.3 is 9.72 Å². The van der Waals surface area contributed by atoms with Crippen molar-refractivity contribution >= 4 is 17.6 Å². The quantitative estimate of drug-likeness (QED) is 0.686. The monoisotopic (exact) mass is 273 g/mol. The van der Waals surface area contributed by atoms with Gasteiger partial charge in [0.2, 0.25) is 0 Å². The zero-order valence-electron chi connectivity index (χ0n) is 11.1. The first-order valence-corrected chi connectivity index (χ1v) is 6.55. The number of esters is 1. The van der Waals surface area contributed by atoms with E-state index >= 15 is 0 Å². The molecule has 1 aliphatic carbocycles. The van der Waals surface area contributed by atoms with Crippen molar-refractivity contribution in [2.45, 2.75) is 19.8 Å². The molecule has 0 radical (unpaired) electrons. The van der Waals surface area contributed by atoms with Crippen molar-refractivity contribution in [3.63, 3.8) is 0 Å². The van der Waals surface area contributed by atoms with Gasteiger partial charge >= 0.3 is 5.97 Å². The number of aromatic nitrogens is 3. The van der Waals surface area contributed by atoms with Crippen LogP contribution in [0.2, 0.25) is 0 Å². The molecule has 0 aliphatic heterocycles. The SMILES string of the molecule is CCOC(=O)c1c[nH]c(C=c2c(=O)[nH][nH]c2=C2CC2)c1. The van der Waals surface area contributed by atoms with Gasteiger partial charge in [0.1, 0.15) is 0 Å². The number of rotatable bonds is 3.